The fourth-order valence-electron chi connectivity index (χ4n) is 4.72. The van der Waals surface area contributed by atoms with Crippen LogP contribution >= 0.6 is 0 Å². The number of fused-ring (bicyclic) bond motifs is 3. The average Bonchev–Trinajstić information content (AvgIpc) is 3.36. The molecule has 1 heterocycles. The van der Waals surface area contributed by atoms with Crippen LogP contribution in [0.25, 0.3) is 5.70 Å². The molecule has 0 bridgehead atoms. The molecule has 0 radical (unpaired) electrons. The summed E-state index contributed by atoms with van der Waals surface area (Å²) in [5.74, 6) is 0.563. The summed E-state index contributed by atoms with van der Waals surface area (Å²) in [4.78, 5) is 26.1. The Balaban J connectivity index is 1.42. The van der Waals surface area contributed by atoms with Crippen LogP contribution in [0.2, 0.25) is 0 Å². The third-order valence-corrected chi connectivity index (χ3v) is 6.41. The minimum Gasteiger partial charge on any atom is -0.497 e. The molecule has 3 aliphatic rings. The van der Waals surface area contributed by atoms with E-state index in [0.29, 0.717) is 22.5 Å². The van der Waals surface area contributed by atoms with Crippen LogP contribution in [-0.4, -0.2) is 31.0 Å². The van der Waals surface area contributed by atoms with E-state index in [4.69, 9.17) is 10.5 Å². The van der Waals surface area contributed by atoms with Crippen LogP contribution in [0.4, 0.5) is 10.5 Å². The van der Waals surface area contributed by atoms with Gasteiger partial charge in [0.2, 0.25) is 0 Å². The van der Waals surface area contributed by atoms with Crippen LogP contribution < -0.4 is 21.1 Å². The van der Waals surface area contributed by atoms with Gasteiger partial charge in [-0.1, -0.05) is 25.0 Å². The number of Topliss-reactive ketones (excluding diaryl/α,β-unsaturated/α-hetero) is 1. The smallest absolute Gasteiger partial charge is 0.319 e. The Hall–Kier alpha value is -3.52. The first-order chi connectivity index (χ1) is 15.6. The molecular formula is C24H25N5O3. The van der Waals surface area contributed by atoms with Crippen molar-refractivity contribution in [3.63, 3.8) is 0 Å². The number of ketones is 1. The number of azo groups is 1. The number of hydrogen-bond donors (Lipinski definition) is 3. The predicted molar refractivity (Wildman–Crippen MR) is 121 cm³/mol. The number of nitrogens with two attached hydrogens (primary N) is 1. The van der Waals surface area contributed by atoms with Crippen LogP contribution in [0.15, 0.2) is 58.3 Å². The zero-order valence-corrected chi connectivity index (χ0v) is 17.8. The Morgan fingerprint density at radius 2 is 1.91 bits per heavy atom. The molecular weight excluding hydrogens is 406 g/mol. The second kappa shape index (κ2) is 8.20. The van der Waals surface area contributed by atoms with Crippen LogP contribution in [-0.2, 0) is 0 Å². The Morgan fingerprint density at radius 1 is 1.12 bits per heavy atom. The van der Waals surface area contributed by atoms with E-state index < -0.39 is 6.04 Å². The third kappa shape index (κ3) is 3.46. The molecule has 3 atom stereocenters. The van der Waals surface area contributed by atoms with Crippen molar-refractivity contribution in [3.05, 3.63) is 64.7 Å². The second-order valence-corrected chi connectivity index (χ2v) is 8.36. The standard InChI is InChI=1S/C24H25N5O3/c1-32-14-11-9-13(10-12-14)21-20-22(29-28-21)15-5-4-8-18(19(15)23(20)30)27-24(31)26-17-7-3-2-6-16(17)25/h4-5,8-12,16-17,22H,2-3,6-7,25H2,1H3,(H2,26,27,31). The van der Waals surface area contributed by atoms with E-state index in [2.05, 4.69) is 20.9 Å². The maximum atomic E-state index is 13.4. The van der Waals surface area contributed by atoms with Gasteiger partial charge in [-0.15, -0.1) is 0 Å². The largest absolute Gasteiger partial charge is 0.497 e. The summed E-state index contributed by atoms with van der Waals surface area (Å²) >= 11 is 0. The van der Waals surface area contributed by atoms with E-state index in [-0.39, 0.29) is 23.9 Å². The quantitative estimate of drug-likeness (QED) is 0.672. The zero-order chi connectivity index (χ0) is 22.2. The first-order valence-electron chi connectivity index (χ1n) is 10.9. The molecule has 1 fully saturated rings. The molecule has 2 aromatic carbocycles. The second-order valence-electron chi connectivity index (χ2n) is 8.36. The first kappa shape index (κ1) is 20.4. The summed E-state index contributed by atoms with van der Waals surface area (Å²) < 4.78 is 5.21. The minimum absolute atomic E-state index is 0.0467. The van der Waals surface area contributed by atoms with E-state index >= 15 is 0 Å². The lowest BCUT2D eigenvalue weighted by Crippen LogP contribution is -2.50. The van der Waals surface area contributed by atoms with Gasteiger partial charge in [0.15, 0.2) is 5.78 Å². The lowest BCUT2D eigenvalue weighted by Gasteiger charge is -2.29. The highest BCUT2D eigenvalue weighted by Gasteiger charge is 2.42. The summed E-state index contributed by atoms with van der Waals surface area (Å²) in [5, 5.41) is 14.5. The molecule has 0 aromatic heterocycles. The number of rotatable bonds is 4. The van der Waals surface area contributed by atoms with Gasteiger partial charge in [-0.2, -0.15) is 10.2 Å². The minimum atomic E-state index is -0.453. The van der Waals surface area contributed by atoms with Crippen molar-refractivity contribution in [2.75, 3.05) is 12.4 Å². The van der Waals surface area contributed by atoms with Gasteiger partial charge in [-0.3, -0.25) is 4.79 Å². The van der Waals surface area contributed by atoms with E-state index in [1.807, 2.05) is 36.4 Å². The number of anilines is 1. The highest BCUT2D eigenvalue weighted by molar-refractivity contribution is 6.22. The van der Waals surface area contributed by atoms with Crippen LogP contribution in [0.1, 0.15) is 53.2 Å². The summed E-state index contributed by atoms with van der Waals surface area (Å²) in [6.07, 6.45) is 3.90. The normalized spacial score (nSPS) is 23.7. The van der Waals surface area contributed by atoms with Crippen molar-refractivity contribution >= 4 is 23.2 Å². The van der Waals surface area contributed by atoms with E-state index in [1.165, 1.54) is 0 Å². The van der Waals surface area contributed by atoms with Crippen molar-refractivity contribution in [1.82, 2.24) is 5.32 Å². The number of methoxy groups -OCH3 is 1. The van der Waals surface area contributed by atoms with Gasteiger partial charge in [0.1, 0.15) is 17.5 Å². The molecule has 4 N–H and O–H groups in total. The molecule has 2 amide bonds. The molecule has 8 heteroatoms. The number of nitrogens with zero attached hydrogens (tertiary/aromatic N) is 2. The number of hydrogen-bond acceptors (Lipinski definition) is 6. The van der Waals surface area contributed by atoms with Gasteiger partial charge < -0.3 is 21.1 Å². The van der Waals surface area contributed by atoms with Crippen LogP contribution in [0.3, 0.4) is 0 Å². The predicted octanol–water partition coefficient (Wildman–Crippen LogP) is 4.20. The van der Waals surface area contributed by atoms with Crippen molar-refractivity contribution in [1.29, 1.82) is 0 Å². The van der Waals surface area contributed by atoms with E-state index in [0.717, 1.165) is 42.6 Å². The van der Waals surface area contributed by atoms with Crippen molar-refractivity contribution in [3.8, 4) is 5.75 Å². The first-order valence-corrected chi connectivity index (χ1v) is 10.9. The number of benzene rings is 2. The SMILES string of the molecule is COc1ccc(C2=C3C(=O)c4c(NC(=O)NC5CCCCC5N)cccc4C3N=N2)cc1. The molecule has 2 aliphatic carbocycles. The maximum absolute atomic E-state index is 13.4. The fourth-order valence-corrected chi connectivity index (χ4v) is 4.72. The van der Waals surface area contributed by atoms with Gasteiger partial charge in [-0.05, 0) is 48.7 Å². The van der Waals surface area contributed by atoms with E-state index in [1.54, 1.807) is 13.2 Å². The fraction of sp³-hybridized carbons (Fsp3) is 0.333. The van der Waals surface area contributed by atoms with Gasteiger partial charge >= 0.3 is 6.03 Å². The molecule has 8 nitrogen and oxygen atoms in total. The Bertz CT molecular complexity index is 1140. The molecule has 1 aliphatic heterocycles. The Kier molecular flexibility index (Phi) is 5.22. The highest BCUT2D eigenvalue weighted by Crippen LogP contribution is 2.49. The van der Waals surface area contributed by atoms with Gasteiger partial charge in [0.05, 0.1) is 23.9 Å². The Labute approximate surface area is 185 Å². The molecule has 1 saturated carbocycles. The molecule has 5 rings (SSSR count). The van der Waals surface area contributed by atoms with Gasteiger partial charge in [-0.25, -0.2) is 4.79 Å². The molecule has 32 heavy (non-hydrogen) atoms. The zero-order valence-electron chi connectivity index (χ0n) is 17.8. The molecule has 0 saturated heterocycles. The van der Waals surface area contributed by atoms with Gasteiger partial charge in [0.25, 0.3) is 0 Å². The monoisotopic (exact) mass is 431 g/mol. The molecule has 0 spiro atoms. The van der Waals surface area contributed by atoms with Crippen molar-refractivity contribution < 1.29 is 14.3 Å². The number of carbonyl (C=O) groups is 2. The summed E-state index contributed by atoms with van der Waals surface area (Å²) in [6.45, 7) is 0. The van der Waals surface area contributed by atoms with E-state index in [9.17, 15) is 9.59 Å². The Morgan fingerprint density at radius 3 is 2.66 bits per heavy atom. The van der Waals surface area contributed by atoms with Gasteiger partial charge in [0, 0.05) is 17.6 Å². The number of carbonyl (C=O) groups excluding carboxylic acids is 2. The van der Waals surface area contributed by atoms with Crippen LogP contribution in [0.5, 0.6) is 5.75 Å². The number of urea groups is 1. The maximum Gasteiger partial charge on any atom is 0.319 e. The van der Waals surface area contributed by atoms with Crippen LogP contribution in [0, 0.1) is 0 Å². The summed E-state index contributed by atoms with van der Waals surface area (Å²) in [7, 11) is 1.60. The number of amides is 2. The summed E-state index contributed by atoms with van der Waals surface area (Å²) in [6, 6.07) is 11.9. The number of nitrogens with one attached hydrogen (secondary N) is 2. The lowest BCUT2D eigenvalue weighted by molar-refractivity contribution is 0.103. The molecule has 164 valence electrons. The average molecular weight is 431 g/mol. The van der Waals surface area contributed by atoms with Crippen molar-refractivity contribution in [2.45, 2.75) is 43.8 Å². The molecule has 3 unspecified atom stereocenters. The third-order valence-electron chi connectivity index (χ3n) is 6.41. The topological polar surface area (TPSA) is 118 Å². The van der Waals surface area contributed by atoms with Crippen molar-refractivity contribution in [2.24, 2.45) is 16.0 Å². The lowest BCUT2D eigenvalue weighted by atomic mass is 9.91. The highest BCUT2D eigenvalue weighted by atomic mass is 16.5. The summed E-state index contributed by atoms with van der Waals surface area (Å²) in [5.41, 5.74) is 9.74. The number of ether oxygens (including phenoxy) is 1. The molecule has 2 aromatic rings.